The van der Waals surface area contributed by atoms with Gasteiger partial charge in [0, 0.05) is 25.4 Å². The number of rotatable bonds is 7. The summed E-state index contributed by atoms with van der Waals surface area (Å²) in [6.07, 6.45) is 4.28. The van der Waals surface area contributed by atoms with Crippen molar-refractivity contribution < 1.29 is 14.1 Å². The minimum atomic E-state index is -0.459. The lowest BCUT2D eigenvalue weighted by atomic mass is 10.00. The molecule has 150 valence electrons. The second-order valence-corrected chi connectivity index (χ2v) is 7.42. The van der Waals surface area contributed by atoms with Gasteiger partial charge in [-0.3, -0.25) is 14.6 Å². The molecular weight excluding hydrogens is 366 g/mol. The van der Waals surface area contributed by atoms with Gasteiger partial charge in [0.25, 0.3) is 5.91 Å². The number of fused-ring (bicyclic) bond motifs is 2. The Morgan fingerprint density at radius 1 is 1.10 bits per heavy atom. The minimum absolute atomic E-state index is 0.138. The molecule has 4 rings (SSSR count). The van der Waals surface area contributed by atoms with E-state index in [-0.39, 0.29) is 17.1 Å². The summed E-state index contributed by atoms with van der Waals surface area (Å²) in [5.41, 5.74) is 1.57. The maximum Gasteiger partial charge on any atom is 0.290 e. The first-order valence-corrected chi connectivity index (χ1v) is 10.3. The SMILES string of the molecule is CC[NH+](CC)CCCN1C(=O)c2oc3ccccc3c(=O)c2[C@H]1c1cccnc1. The van der Waals surface area contributed by atoms with Crippen LogP contribution in [-0.2, 0) is 0 Å². The summed E-state index contributed by atoms with van der Waals surface area (Å²) in [6, 6.07) is 10.4. The third-order valence-corrected chi connectivity index (χ3v) is 5.80. The van der Waals surface area contributed by atoms with Gasteiger partial charge >= 0.3 is 0 Å². The summed E-state index contributed by atoms with van der Waals surface area (Å²) in [4.78, 5) is 34.0. The van der Waals surface area contributed by atoms with Gasteiger partial charge in [0.2, 0.25) is 5.76 Å². The van der Waals surface area contributed by atoms with Crippen LogP contribution < -0.4 is 10.3 Å². The smallest absolute Gasteiger partial charge is 0.290 e. The predicted octanol–water partition coefficient (Wildman–Crippen LogP) is 2.05. The number of hydrogen-bond acceptors (Lipinski definition) is 4. The Balaban J connectivity index is 1.77. The first-order chi connectivity index (χ1) is 14.2. The summed E-state index contributed by atoms with van der Waals surface area (Å²) in [5.74, 6) is -0.0519. The zero-order valence-electron chi connectivity index (χ0n) is 16.9. The molecule has 1 aliphatic rings. The van der Waals surface area contributed by atoms with Crippen LogP contribution in [0, 0.1) is 0 Å². The fraction of sp³-hybridized carbons (Fsp3) is 0.348. The predicted molar refractivity (Wildman–Crippen MR) is 111 cm³/mol. The summed E-state index contributed by atoms with van der Waals surface area (Å²) in [5, 5.41) is 0.502. The molecule has 2 aromatic heterocycles. The Labute approximate surface area is 169 Å². The Bertz CT molecular complexity index is 1070. The van der Waals surface area contributed by atoms with Crippen LogP contribution in [0.4, 0.5) is 0 Å². The van der Waals surface area contributed by atoms with Crippen LogP contribution in [0.5, 0.6) is 0 Å². The highest BCUT2D eigenvalue weighted by Crippen LogP contribution is 2.37. The highest BCUT2D eigenvalue weighted by atomic mass is 16.3. The molecule has 1 amide bonds. The molecule has 0 bridgehead atoms. The number of hydrogen-bond donors (Lipinski definition) is 1. The van der Waals surface area contributed by atoms with Crippen LogP contribution >= 0.6 is 0 Å². The van der Waals surface area contributed by atoms with Crippen molar-refractivity contribution in [3.63, 3.8) is 0 Å². The van der Waals surface area contributed by atoms with Gasteiger partial charge in [0.15, 0.2) is 5.43 Å². The van der Waals surface area contributed by atoms with Crippen molar-refractivity contribution >= 4 is 16.9 Å². The van der Waals surface area contributed by atoms with Gasteiger partial charge in [-0.05, 0) is 37.6 Å². The number of quaternary nitrogens is 1. The first-order valence-electron chi connectivity index (χ1n) is 10.3. The molecule has 6 nitrogen and oxygen atoms in total. The van der Waals surface area contributed by atoms with Gasteiger partial charge < -0.3 is 14.2 Å². The van der Waals surface area contributed by atoms with Gasteiger partial charge in [-0.15, -0.1) is 0 Å². The molecule has 1 aliphatic heterocycles. The van der Waals surface area contributed by atoms with Crippen molar-refractivity contribution in [3.8, 4) is 0 Å². The second kappa shape index (κ2) is 8.17. The Kier molecular flexibility index (Phi) is 5.45. The lowest BCUT2D eigenvalue weighted by Crippen LogP contribution is -3.11. The Morgan fingerprint density at radius 2 is 1.90 bits per heavy atom. The van der Waals surface area contributed by atoms with E-state index in [0.717, 1.165) is 31.6 Å². The van der Waals surface area contributed by atoms with E-state index in [1.807, 2.05) is 18.2 Å². The van der Waals surface area contributed by atoms with Crippen LogP contribution in [-0.4, -0.2) is 42.0 Å². The van der Waals surface area contributed by atoms with Crippen molar-refractivity contribution in [2.45, 2.75) is 26.3 Å². The van der Waals surface area contributed by atoms with E-state index in [9.17, 15) is 9.59 Å². The van der Waals surface area contributed by atoms with E-state index in [1.54, 1.807) is 35.5 Å². The van der Waals surface area contributed by atoms with Gasteiger partial charge in [0.05, 0.1) is 36.6 Å². The normalized spacial score (nSPS) is 16.0. The van der Waals surface area contributed by atoms with E-state index in [1.165, 1.54) is 4.90 Å². The standard InChI is InChI=1S/C23H25N3O3/c1-3-25(4-2)13-8-14-26-20(16-9-7-12-24-15-16)19-21(27)17-10-5-6-11-18(17)29-22(19)23(26)28/h5-7,9-12,15,20H,3-4,8,13-14H2,1-2H3/p+1/t20-/m1/s1. The number of para-hydroxylation sites is 1. The largest absolute Gasteiger partial charge is 0.450 e. The molecule has 0 aliphatic carbocycles. The molecule has 0 spiro atoms. The number of carbonyl (C=O) groups is 1. The molecule has 1 aromatic carbocycles. The average molecular weight is 392 g/mol. The lowest BCUT2D eigenvalue weighted by molar-refractivity contribution is -0.896. The Hall–Kier alpha value is -2.99. The molecule has 29 heavy (non-hydrogen) atoms. The average Bonchev–Trinajstić information content (AvgIpc) is 3.04. The summed E-state index contributed by atoms with van der Waals surface area (Å²) >= 11 is 0. The number of amides is 1. The number of benzene rings is 1. The van der Waals surface area contributed by atoms with Crippen molar-refractivity contribution in [2.24, 2.45) is 0 Å². The molecule has 3 aromatic rings. The molecule has 3 heterocycles. The van der Waals surface area contributed by atoms with Crippen LogP contribution in [0.2, 0.25) is 0 Å². The number of pyridine rings is 1. The molecule has 0 fully saturated rings. The van der Waals surface area contributed by atoms with Crippen LogP contribution in [0.3, 0.4) is 0 Å². The maximum absolute atomic E-state index is 13.3. The minimum Gasteiger partial charge on any atom is -0.450 e. The van der Waals surface area contributed by atoms with Crippen molar-refractivity contribution in [2.75, 3.05) is 26.2 Å². The van der Waals surface area contributed by atoms with E-state index >= 15 is 0 Å². The highest BCUT2D eigenvalue weighted by molar-refractivity contribution is 5.99. The van der Waals surface area contributed by atoms with Crippen molar-refractivity contribution in [1.82, 2.24) is 9.88 Å². The van der Waals surface area contributed by atoms with Crippen LogP contribution in [0.25, 0.3) is 11.0 Å². The summed E-state index contributed by atoms with van der Waals surface area (Å²) in [6.45, 7) is 8.01. The first kappa shape index (κ1) is 19.3. The molecule has 6 heteroatoms. The summed E-state index contributed by atoms with van der Waals surface area (Å²) < 4.78 is 5.93. The van der Waals surface area contributed by atoms with Gasteiger partial charge in [-0.2, -0.15) is 0 Å². The Morgan fingerprint density at radius 3 is 2.62 bits per heavy atom. The number of nitrogens with one attached hydrogen (secondary N) is 1. The zero-order chi connectivity index (χ0) is 20.4. The zero-order valence-corrected chi connectivity index (χ0v) is 16.9. The summed E-state index contributed by atoms with van der Waals surface area (Å²) in [7, 11) is 0. The van der Waals surface area contributed by atoms with Crippen molar-refractivity contribution in [1.29, 1.82) is 0 Å². The molecule has 0 radical (unpaired) electrons. The maximum atomic E-state index is 13.3. The molecular formula is C23H26N3O3+. The van der Waals surface area contributed by atoms with E-state index in [0.29, 0.717) is 23.1 Å². The monoisotopic (exact) mass is 392 g/mol. The number of carbonyl (C=O) groups excluding carboxylic acids is 1. The third kappa shape index (κ3) is 3.44. The quantitative estimate of drug-likeness (QED) is 0.668. The fourth-order valence-corrected chi connectivity index (χ4v) is 4.19. The lowest BCUT2D eigenvalue weighted by Gasteiger charge is -2.25. The van der Waals surface area contributed by atoms with E-state index < -0.39 is 6.04 Å². The van der Waals surface area contributed by atoms with Crippen LogP contribution in [0.1, 0.15) is 48.0 Å². The fourth-order valence-electron chi connectivity index (χ4n) is 4.19. The number of aromatic nitrogens is 1. The third-order valence-electron chi connectivity index (χ3n) is 5.80. The molecule has 1 N–H and O–H groups in total. The molecule has 0 saturated heterocycles. The van der Waals surface area contributed by atoms with E-state index in [2.05, 4.69) is 18.8 Å². The van der Waals surface area contributed by atoms with Crippen LogP contribution in [0.15, 0.2) is 58.0 Å². The second-order valence-electron chi connectivity index (χ2n) is 7.42. The highest BCUT2D eigenvalue weighted by Gasteiger charge is 2.42. The van der Waals surface area contributed by atoms with Gasteiger partial charge in [-0.25, -0.2) is 0 Å². The number of nitrogens with zero attached hydrogens (tertiary/aromatic N) is 2. The van der Waals surface area contributed by atoms with Gasteiger partial charge in [0.1, 0.15) is 5.58 Å². The molecule has 0 unspecified atom stereocenters. The molecule has 0 saturated carbocycles. The van der Waals surface area contributed by atoms with Gasteiger partial charge in [-0.1, -0.05) is 18.2 Å². The van der Waals surface area contributed by atoms with Crippen molar-refractivity contribution in [3.05, 3.63) is 75.9 Å². The topological polar surface area (TPSA) is 67.8 Å². The molecule has 1 atom stereocenters. The van der Waals surface area contributed by atoms with E-state index in [4.69, 9.17) is 4.42 Å².